The van der Waals surface area contributed by atoms with Crippen LogP contribution in [0.5, 0.6) is 5.88 Å². The zero-order chi connectivity index (χ0) is 25.7. The molecule has 1 atom stereocenters. The lowest BCUT2D eigenvalue weighted by Crippen LogP contribution is -2.37. The van der Waals surface area contributed by atoms with E-state index < -0.39 is 23.9 Å². The summed E-state index contributed by atoms with van der Waals surface area (Å²) in [5, 5.41) is 11.5. The molecule has 4 rings (SSSR count). The lowest BCUT2D eigenvalue weighted by Gasteiger charge is -2.26. The fraction of sp³-hybridized carbons (Fsp3) is 0.400. The van der Waals surface area contributed by atoms with Gasteiger partial charge in [0.1, 0.15) is 11.6 Å². The van der Waals surface area contributed by atoms with E-state index in [1.807, 2.05) is 12.1 Å². The Labute approximate surface area is 205 Å². The molecule has 1 fully saturated rings. The summed E-state index contributed by atoms with van der Waals surface area (Å²) in [5.74, 6) is -1.98. The highest BCUT2D eigenvalue weighted by atomic mass is 19.4. The van der Waals surface area contributed by atoms with Crippen LogP contribution in [0.2, 0.25) is 0 Å². The average molecular weight is 499 g/mol. The number of rotatable bonds is 8. The molecule has 0 spiro atoms. The van der Waals surface area contributed by atoms with Crippen LogP contribution in [0.15, 0.2) is 42.2 Å². The smallest absolute Gasteiger partial charge is 0.443 e. The number of nitrogens with zero attached hydrogens (tertiary/aromatic N) is 4. The molecule has 1 aromatic heterocycles. The van der Waals surface area contributed by atoms with Gasteiger partial charge >= 0.3 is 6.18 Å². The molecule has 2 aliphatic heterocycles. The Morgan fingerprint density at radius 3 is 2.72 bits per heavy atom. The number of hydrogen-bond acceptors (Lipinski definition) is 7. The minimum atomic E-state index is -4.81. The van der Waals surface area contributed by atoms with E-state index in [0.717, 1.165) is 5.56 Å². The Hall–Kier alpha value is -3.94. The highest BCUT2D eigenvalue weighted by Crippen LogP contribution is 2.33. The molecule has 1 aromatic carbocycles. The normalized spacial score (nSPS) is 17.8. The second-order valence-electron chi connectivity index (χ2n) is 8.62. The van der Waals surface area contributed by atoms with Crippen molar-refractivity contribution < 1.29 is 27.5 Å². The number of Topliss-reactive ketones (excluding diaryl/α,β-unsaturated/α-hetero) is 1. The maximum absolute atomic E-state index is 13.5. The molecule has 0 radical (unpaired) electrons. The van der Waals surface area contributed by atoms with Gasteiger partial charge in [0, 0.05) is 38.1 Å². The van der Waals surface area contributed by atoms with Gasteiger partial charge in [0.15, 0.2) is 5.78 Å². The molecule has 0 unspecified atom stereocenters. The van der Waals surface area contributed by atoms with Gasteiger partial charge in [-0.1, -0.05) is 12.1 Å². The Morgan fingerprint density at radius 1 is 1.25 bits per heavy atom. The summed E-state index contributed by atoms with van der Waals surface area (Å²) in [7, 11) is 0. The van der Waals surface area contributed by atoms with Crippen LogP contribution >= 0.6 is 0 Å². The van der Waals surface area contributed by atoms with E-state index in [4.69, 9.17) is 10.00 Å². The van der Waals surface area contributed by atoms with Crippen molar-refractivity contribution in [3.8, 4) is 11.9 Å². The number of nitriles is 1. The third-order valence-electron chi connectivity index (χ3n) is 6.03. The molecule has 2 aromatic rings. The number of aromatic nitrogens is 2. The van der Waals surface area contributed by atoms with Gasteiger partial charge < -0.3 is 15.0 Å². The first kappa shape index (κ1) is 25.2. The van der Waals surface area contributed by atoms with Gasteiger partial charge in [-0.3, -0.25) is 9.59 Å². The monoisotopic (exact) mass is 499 g/mol. The van der Waals surface area contributed by atoms with Crippen LogP contribution < -0.4 is 15.0 Å². The van der Waals surface area contributed by atoms with Crippen LogP contribution in [0.4, 0.5) is 19.0 Å². The number of hydrogen-bond donors (Lipinski definition) is 1. The molecule has 11 heteroatoms. The molecule has 2 aliphatic rings. The van der Waals surface area contributed by atoms with E-state index in [0.29, 0.717) is 50.8 Å². The first-order valence-corrected chi connectivity index (χ1v) is 11.6. The molecule has 1 amide bonds. The first-order chi connectivity index (χ1) is 17.2. The van der Waals surface area contributed by atoms with Crippen LogP contribution in [-0.2, 0) is 22.2 Å². The number of carbonyl (C=O) groups is 2. The molecule has 188 valence electrons. The molecule has 36 heavy (non-hydrogen) atoms. The first-order valence-electron chi connectivity index (χ1n) is 11.6. The summed E-state index contributed by atoms with van der Waals surface area (Å²) in [4.78, 5) is 33.3. The van der Waals surface area contributed by atoms with E-state index in [2.05, 4.69) is 21.4 Å². The summed E-state index contributed by atoms with van der Waals surface area (Å²) in [6.07, 6.45) is -0.670. The fourth-order valence-corrected chi connectivity index (χ4v) is 4.29. The van der Waals surface area contributed by atoms with Crippen molar-refractivity contribution in [1.29, 1.82) is 5.26 Å². The Kier molecular flexibility index (Phi) is 7.52. The zero-order valence-corrected chi connectivity index (χ0v) is 19.3. The van der Waals surface area contributed by atoms with Gasteiger partial charge in [0.2, 0.25) is 17.6 Å². The van der Waals surface area contributed by atoms with Crippen molar-refractivity contribution in [2.75, 3.05) is 18.0 Å². The van der Waals surface area contributed by atoms with E-state index in [1.54, 1.807) is 17.0 Å². The SMILES string of the molecule is N#Cc1ccc(CCCC(=O)[C@@H]2CCCN2c2cc(OC3=CC(=O)NCC3)nc(C(F)(F)F)n2)cc1. The molecule has 0 bridgehead atoms. The quantitative estimate of drug-likeness (QED) is 0.590. The number of halogens is 3. The van der Waals surface area contributed by atoms with Crippen molar-refractivity contribution in [1.82, 2.24) is 15.3 Å². The Morgan fingerprint density at radius 2 is 2.03 bits per heavy atom. The largest absolute Gasteiger partial charge is 0.451 e. The molecule has 3 heterocycles. The number of benzene rings is 1. The zero-order valence-electron chi connectivity index (χ0n) is 19.3. The molecule has 8 nitrogen and oxygen atoms in total. The molecular formula is C25H24F3N5O3. The van der Waals surface area contributed by atoms with E-state index in [1.165, 1.54) is 12.1 Å². The summed E-state index contributed by atoms with van der Waals surface area (Å²) in [6.45, 7) is 0.685. The lowest BCUT2D eigenvalue weighted by molar-refractivity contribution is -0.145. The van der Waals surface area contributed by atoms with Crippen molar-refractivity contribution in [2.45, 2.75) is 50.7 Å². The van der Waals surface area contributed by atoms with E-state index >= 15 is 0 Å². The van der Waals surface area contributed by atoms with Gasteiger partial charge in [-0.2, -0.15) is 23.4 Å². The molecule has 0 aliphatic carbocycles. The molecular weight excluding hydrogens is 475 g/mol. The number of ketones is 1. The van der Waals surface area contributed by atoms with Gasteiger partial charge in [0.25, 0.3) is 0 Å². The van der Waals surface area contributed by atoms with E-state index in [9.17, 15) is 22.8 Å². The summed E-state index contributed by atoms with van der Waals surface area (Å²) in [6, 6.07) is 9.88. The summed E-state index contributed by atoms with van der Waals surface area (Å²) < 4.78 is 46.1. The molecule has 1 saturated heterocycles. The number of ether oxygens (including phenoxy) is 1. The molecule has 1 N–H and O–H groups in total. The average Bonchev–Trinajstić information content (AvgIpc) is 3.34. The minimum absolute atomic E-state index is 0.0314. The fourth-order valence-electron chi connectivity index (χ4n) is 4.29. The Balaban J connectivity index is 1.48. The number of nitrogens with one attached hydrogen (secondary N) is 1. The minimum Gasteiger partial charge on any atom is -0.443 e. The predicted molar refractivity (Wildman–Crippen MR) is 123 cm³/mol. The standard InChI is InChI=1S/C25H24F3N5O3/c26-25(27,28)24-31-21(14-23(32-24)36-18-10-11-30-22(35)13-18)33-12-2-4-19(33)20(34)5-1-3-16-6-8-17(15-29)9-7-16/h6-9,13-14,19H,1-5,10-12H2,(H,30,35)/t19-/m0/s1. The maximum Gasteiger partial charge on any atom is 0.451 e. The highest BCUT2D eigenvalue weighted by molar-refractivity contribution is 5.89. The Bertz CT molecular complexity index is 1200. The van der Waals surface area contributed by atoms with Crippen molar-refractivity contribution in [2.24, 2.45) is 0 Å². The van der Waals surface area contributed by atoms with Crippen molar-refractivity contribution in [3.05, 3.63) is 59.1 Å². The highest BCUT2D eigenvalue weighted by Gasteiger charge is 2.38. The van der Waals surface area contributed by atoms with E-state index in [-0.39, 0.29) is 29.7 Å². The number of amides is 1. The van der Waals surface area contributed by atoms with Crippen LogP contribution in [-0.4, -0.2) is 40.8 Å². The third-order valence-corrected chi connectivity index (χ3v) is 6.03. The summed E-state index contributed by atoms with van der Waals surface area (Å²) in [5.41, 5.74) is 1.56. The van der Waals surface area contributed by atoms with Crippen molar-refractivity contribution >= 4 is 17.5 Å². The topological polar surface area (TPSA) is 108 Å². The number of aryl methyl sites for hydroxylation is 1. The van der Waals surface area contributed by atoms with Crippen LogP contribution in [0, 0.1) is 11.3 Å². The number of anilines is 1. The van der Waals surface area contributed by atoms with Gasteiger partial charge in [-0.05, 0) is 43.4 Å². The maximum atomic E-state index is 13.5. The van der Waals surface area contributed by atoms with Gasteiger partial charge in [0.05, 0.1) is 17.7 Å². The number of carbonyl (C=O) groups excluding carboxylic acids is 2. The second-order valence-corrected chi connectivity index (χ2v) is 8.62. The summed E-state index contributed by atoms with van der Waals surface area (Å²) >= 11 is 0. The lowest BCUT2D eigenvalue weighted by atomic mass is 10.0. The van der Waals surface area contributed by atoms with Gasteiger partial charge in [-0.25, -0.2) is 4.98 Å². The predicted octanol–water partition coefficient (Wildman–Crippen LogP) is 3.71. The molecule has 0 saturated carbocycles. The second kappa shape index (κ2) is 10.8. The van der Waals surface area contributed by atoms with Crippen molar-refractivity contribution in [3.63, 3.8) is 0 Å². The third kappa shape index (κ3) is 6.19. The number of alkyl halides is 3. The van der Waals surface area contributed by atoms with Crippen LogP contribution in [0.3, 0.4) is 0 Å². The van der Waals surface area contributed by atoms with Crippen LogP contribution in [0.25, 0.3) is 0 Å². The van der Waals surface area contributed by atoms with Crippen LogP contribution in [0.1, 0.15) is 49.1 Å². The van der Waals surface area contributed by atoms with Gasteiger partial charge in [-0.15, -0.1) is 0 Å².